The quantitative estimate of drug-likeness (QED) is 0.357. The first-order valence-corrected chi connectivity index (χ1v) is 14.3. The van der Waals surface area contributed by atoms with Crippen LogP contribution in [0.5, 0.6) is 5.75 Å². The number of hydrogen-bond donors (Lipinski definition) is 2. The van der Waals surface area contributed by atoms with Gasteiger partial charge >= 0.3 is 5.97 Å². The molecule has 1 heterocycles. The van der Waals surface area contributed by atoms with Crippen molar-refractivity contribution in [3.8, 4) is 5.75 Å². The number of ether oxygens (including phenoxy) is 2. The number of sulfonamides is 1. The van der Waals surface area contributed by atoms with Crippen LogP contribution in [-0.4, -0.2) is 50.3 Å². The zero-order valence-electron chi connectivity index (χ0n) is 22.3. The summed E-state index contributed by atoms with van der Waals surface area (Å²) in [4.78, 5) is 36.8. The Morgan fingerprint density at radius 3 is 2.38 bits per heavy atom. The van der Waals surface area contributed by atoms with Crippen molar-refractivity contribution in [3.63, 3.8) is 0 Å². The lowest BCUT2D eigenvalue weighted by Crippen LogP contribution is -2.41. The second-order valence-corrected chi connectivity index (χ2v) is 11.0. The van der Waals surface area contributed by atoms with Gasteiger partial charge in [0.05, 0.1) is 29.7 Å². The molecule has 3 aromatic carbocycles. The van der Waals surface area contributed by atoms with Gasteiger partial charge < -0.3 is 20.1 Å². The minimum absolute atomic E-state index is 0.0340. The Morgan fingerprint density at radius 2 is 1.65 bits per heavy atom. The van der Waals surface area contributed by atoms with Crippen molar-refractivity contribution in [2.45, 2.75) is 37.6 Å². The number of benzene rings is 3. The molecule has 0 saturated carbocycles. The summed E-state index contributed by atoms with van der Waals surface area (Å²) in [6.07, 6.45) is 0.204. The molecule has 1 unspecified atom stereocenters. The highest BCUT2D eigenvalue weighted by atomic mass is 32.2. The number of hydrogen-bond acceptors (Lipinski definition) is 7. The third kappa shape index (κ3) is 6.85. The molecule has 40 heavy (non-hydrogen) atoms. The molecule has 1 aliphatic heterocycles. The highest BCUT2D eigenvalue weighted by molar-refractivity contribution is 7.89. The van der Waals surface area contributed by atoms with Gasteiger partial charge in [0.15, 0.2) is 6.61 Å². The third-order valence-corrected chi connectivity index (χ3v) is 8.25. The first kappa shape index (κ1) is 28.8. The average Bonchev–Trinajstić information content (AvgIpc) is 2.93. The Morgan fingerprint density at radius 1 is 0.950 bits per heavy atom. The molecule has 1 atom stereocenters. The van der Waals surface area contributed by atoms with Crippen molar-refractivity contribution in [1.82, 2.24) is 4.31 Å². The van der Waals surface area contributed by atoms with E-state index in [0.717, 1.165) is 5.56 Å². The molecule has 11 heteroatoms. The number of nitrogens with one attached hydrogen (secondary N) is 2. The number of rotatable bonds is 10. The number of para-hydroxylation sites is 2. The minimum Gasteiger partial charge on any atom is -0.492 e. The van der Waals surface area contributed by atoms with Gasteiger partial charge in [-0.2, -0.15) is 4.31 Å². The lowest BCUT2D eigenvalue weighted by molar-refractivity contribution is -0.148. The molecule has 10 nitrogen and oxygen atoms in total. The van der Waals surface area contributed by atoms with Gasteiger partial charge in [0.2, 0.25) is 15.9 Å². The monoisotopic (exact) mass is 565 g/mol. The third-order valence-electron chi connectivity index (χ3n) is 6.33. The molecule has 4 rings (SSSR count). The molecule has 210 valence electrons. The number of fused-ring (bicyclic) bond motifs is 1. The number of esters is 1. The maximum atomic E-state index is 13.7. The van der Waals surface area contributed by atoms with Gasteiger partial charge in [0.25, 0.3) is 5.91 Å². The van der Waals surface area contributed by atoms with Crippen molar-refractivity contribution in [1.29, 1.82) is 0 Å². The molecule has 0 aliphatic carbocycles. The predicted molar refractivity (Wildman–Crippen MR) is 149 cm³/mol. The van der Waals surface area contributed by atoms with Gasteiger partial charge in [-0.1, -0.05) is 36.4 Å². The molecule has 0 saturated heterocycles. The van der Waals surface area contributed by atoms with E-state index in [1.807, 2.05) is 19.1 Å². The van der Waals surface area contributed by atoms with Gasteiger partial charge in [-0.3, -0.25) is 14.4 Å². The molecule has 2 amide bonds. The van der Waals surface area contributed by atoms with Crippen LogP contribution in [0.4, 0.5) is 11.4 Å². The number of carbonyl (C=O) groups is 3. The van der Waals surface area contributed by atoms with Crippen LogP contribution in [0, 0.1) is 0 Å². The molecule has 0 fully saturated rings. The van der Waals surface area contributed by atoms with E-state index in [0.29, 0.717) is 35.7 Å². The summed E-state index contributed by atoms with van der Waals surface area (Å²) in [5.41, 5.74) is 2.57. The average molecular weight is 566 g/mol. The predicted octanol–water partition coefficient (Wildman–Crippen LogP) is 3.90. The second kappa shape index (κ2) is 12.8. The second-order valence-electron chi connectivity index (χ2n) is 9.13. The van der Waals surface area contributed by atoms with Gasteiger partial charge in [-0.05, 0) is 60.9 Å². The topological polar surface area (TPSA) is 131 Å². The van der Waals surface area contributed by atoms with Gasteiger partial charge in [-0.15, -0.1) is 0 Å². The highest BCUT2D eigenvalue weighted by Gasteiger charge is 2.38. The lowest BCUT2D eigenvalue weighted by Gasteiger charge is -2.36. The van der Waals surface area contributed by atoms with E-state index in [1.54, 1.807) is 36.4 Å². The minimum atomic E-state index is -4.01. The van der Waals surface area contributed by atoms with Gasteiger partial charge in [0.1, 0.15) is 5.75 Å². The lowest BCUT2D eigenvalue weighted by atomic mass is 9.92. The smallest absolute Gasteiger partial charge is 0.308 e. The van der Waals surface area contributed by atoms with Crippen LogP contribution in [0.1, 0.15) is 37.4 Å². The first-order valence-electron chi connectivity index (χ1n) is 12.8. The van der Waals surface area contributed by atoms with Crippen molar-refractivity contribution in [2.24, 2.45) is 0 Å². The maximum Gasteiger partial charge on any atom is 0.308 e. The Hall–Kier alpha value is -4.22. The van der Waals surface area contributed by atoms with E-state index >= 15 is 0 Å². The number of amides is 2. The van der Waals surface area contributed by atoms with Crippen molar-refractivity contribution < 1.29 is 32.3 Å². The Bertz CT molecular complexity index is 1490. The Balaban J connectivity index is 1.49. The van der Waals surface area contributed by atoms with Crippen LogP contribution in [0.2, 0.25) is 0 Å². The SMILES string of the molecule is CCOc1ccccc1NC(=O)COC(=O)CC1c2ccccc2CCN1S(=O)(=O)c1ccc(NC(C)=O)cc1. The van der Waals surface area contributed by atoms with E-state index in [-0.39, 0.29) is 23.8 Å². The first-order chi connectivity index (χ1) is 19.2. The largest absolute Gasteiger partial charge is 0.492 e. The number of nitrogens with zero attached hydrogens (tertiary/aromatic N) is 1. The summed E-state index contributed by atoms with van der Waals surface area (Å²) < 4.78 is 39.4. The van der Waals surface area contributed by atoms with Crippen molar-refractivity contribution >= 4 is 39.2 Å². The molecule has 0 aromatic heterocycles. The molecule has 0 radical (unpaired) electrons. The van der Waals surface area contributed by atoms with E-state index < -0.39 is 34.5 Å². The molecule has 2 N–H and O–H groups in total. The normalized spacial score (nSPS) is 15.0. The summed E-state index contributed by atoms with van der Waals surface area (Å²) in [5.74, 6) is -1.03. The van der Waals surface area contributed by atoms with E-state index in [1.165, 1.54) is 35.5 Å². The van der Waals surface area contributed by atoms with Crippen LogP contribution in [0.15, 0.2) is 77.7 Å². The Labute approximate surface area is 233 Å². The highest BCUT2D eigenvalue weighted by Crippen LogP contribution is 2.36. The van der Waals surface area contributed by atoms with Crippen LogP contribution < -0.4 is 15.4 Å². The summed E-state index contributed by atoms with van der Waals surface area (Å²) in [5, 5.41) is 5.28. The van der Waals surface area contributed by atoms with Gasteiger partial charge in [0, 0.05) is 19.2 Å². The van der Waals surface area contributed by atoms with Crippen LogP contribution in [0.25, 0.3) is 0 Å². The van der Waals surface area contributed by atoms with Crippen molar-refractivity contribution in [2.75, 3.05) is 30.4 Å². The summed E-state index contributed by atoms with van der Waals surface area (Å²) >= 11 is 0. The van der Waals surface area contributed by atoms with Crippen LogP contribution in [-0.2, 0) is 35.6 Å². The Kier molecular flexibility index (Phi) is 9.18. The summed E-state index contributed by atoms with van der Waals surface area (Å²) in [6, 6.07) is 19.3. The maximum absolute atomic E-state index is 13.7. The standard InChI is InChI=1S/C29H31N3O7S/c1-3-38-27-11-7-6-10-25(27)31-28(34)19-39-29(35)18-26-24-9-5-4-8-21(24)16-17-32(26)40(36,37)23-14-12-22(13-15-23)30-20(2)33/h4-15,26H,3,16-19H2,1-2H3,(H,30,33)(H,31,34). The molecular weight excluding hydrogens is 534 g/mol. The fourth-order valence-electron chi connectivity index (χ4n) is 4.58. The fraction of sp³-hybridized carbons (Fsp3) is 0.276. The molecule has 1 aliphatic rings. The van der Waals surface area contributed by atoms with E-state index in [2.05, 4.69) is 10.6 Å². The van der Waals surface area contributed by atoms with Gasteiger partial charge in [-0.25, -0.2) is 8.42 Å². The molecule has 0 spiro atoms. The fourth-order valence-corrected chi connectivity index (χ4v) is 6.18. The molecule has 3 aromatic rings. The van der Waals surface area contributed by atoms with E-state index in [9.17, 15) is 22.8 Å². The zero-order valence-corrected chi connectivity index (χ0v) is 23.1. The summed E-state index contributed by atoms with van der Waals surface area (Å²) in [6.45, 7) is 3.24. The number of anilines is 2. The zero-order chi connectivity index (χ0) is 28.7. The van der Waals surface area contributed by atoms with Crippen molar-refractivity contribution in [3.05, 3.63) is 83.9 Å². The van der Waals surface area contributed by atoms with Crippen LogP contribution >= 0.6 is 0 Å². The summed E-state index contributed by atoms with van der Waals surface area (Å²) in [7, 11) is -4.01. The number of carbonyl (C=O) groups excluding carboxylic acids is 3. The molecule has 0 bridgehead atoms. The van der Waals surface area contributed by atoms with Crippen LogP contribution in [0.3, 0.4) is 0 Å². The van der Waals surface area contributed by atoms with E-state index in [4.69, 9.17) is 9.47 Å². The molecular formula is C29H31N3O7S.